The molecule has 32 heavy (non-hydrogen) atoms. The number of methoxy groups -OCH3 is 3. The van der Waals surface area contributed by atoms with Crippen molar-refractivity contribution < 1.29 is 23.0 Å². The van der Waals surface area contributed by atoms with Crippen LogP contribution in [0.25, 0.3) is 11.5 Å². The van der Waals surface area contributed by atoms with E-state index in [1.54, 1.807) is 33.5 Å². The van der Waals surface area contributed by atoms with Crippen molar-refractivity contribution in [1.82, 2.24) is 20.0 Å². The van der Waals surface area contributed by atoms with Crippen molar-refractivity contribution in [1.29, 1.82) is 0 Å². The van der Waals surface area contributed by atoms with Gasteiger partial charge in [0.1, 0.15) is 5.82 Å². The number of hydrogen-bond donors (Lipinski definition) is 0. The average molecular weight is 442 g/mol. The summed E-state index contributed by atoms with van der Waals surface area (Å²) in [7, 11) is 4.87. The van der Waals surface area contributed by atoms with Gasteiger partial charge in [-0.2, -0.15) is 0 Å². The minimum absolute atomic E-state index is 0.294. The molecule has 9 heteroatoms. The van der Waals surface area contributed by atoms with Crippen LogP contribution in [0.3, 0.4) is 0 Å². The second kappa shape index (κ2) is 9.97. The Morgan fingerprint density at radius 2 is 1.47 bits per heavy atom. The zero-order chi connectivity index (χ0) is 22.5. The summed E-state index contributed by atoms with van der Waals surface area (Å²) in [6, 6.07) is 9.95. The molecule has 0 amide bonds. The first kappa shape index (κ1) is 22.0. The molecule has 0 unspecified atom stereocenters. The molecule has 8 nitrogen and oxygen atoms in total. The van der Waals surface area contributed by atoms with Gasteiger partial charge in [-0.3, -0.25) is 9.80 Å². The molecule has 1 fully saturated rings. The lowest BCUT2D eigenvalue weighted by atomic mass is 10.1. The van der Waals surface area contributed by atoms with Crippen molar-refractivity contribution in [2.45, 2.75) is 13.1 Å². The molecule has 2 heterocycles. The lowest BCUT2D eigenvalue weighted by molar-refractivity contribution is 0.114. The number of piperazine rings is 1. The molecule has 2 aromatic carbocycles. The maximum absolute atomic E-state index is 13.1. The van der Waals surface area contributed by atoms with Gasteiger partial charge in [-0.1, -0.05) is 6.07 Å². The molecular formula is C23H27FN4O4. The van der Waals surface area contributed by atoms with Crippen LogP contribution in [-0.4, -0.2) is 67.5 Å². The third kappa shape index (κ3) is 4.84. The number of halogens is 1. The van der Waals surface area contributed by atoms with Crippen molar-refractivity contribution in [3.05, 3.63) is 53.7 Å². The Morgan fingerprint density at radius 3 is 2.09 bits per heavy atom. The molecule has 0 atom stereocenters. The molecule has 0 bridgehead atoms. The van der Waals surface area contributed by atoms with Crippen LogP contribution in [0.4, 0.5) is 4.39 Å². The largest absolute Gasteiger partial charge is 0.493 e. The highest BCUT2D eigenvalue weighted by Crippen LogP contribution is 2.40. The van der Waals surface area contributed by atoms with Gasteiger partial charge in [0.15, 0.2) is 11.5 Å². The van der Waals surface area contributed by atoms with E-state index in [0.29, 0.717) is 41.1 Å². The minimum Gasteiger partial charge on any atom is -0.493 e. The Morgan fingerprint density at radius 1 is 0.812 bits per heavy atom. The van der Waals surface area contributed by atoms with Crippen molar-refractivity contribution in [3.8, 4) is 28.7 Å². The smallest absolute Gasteiger partial charge is 0.247 e. The van der Waals surface area contributed by atoms with E-state index >= 15 is 0 Å². The first-order valence-electron chi connectivity index (χ1n) is 10.4. The molecule has 4 rings (SSSR count). The summed E-state index contributed by atoms with van der Waals surface area (Å²) in [4.78, 5) is 4.66. The zero-order valence-corrected chi connectivity index (χ0v) is 18.5. The summed E-state index contributed by atoms with van der Waals surface area (Å²) in [6.07, 6.45) is 0. The maximum atomic E-state index is 13.1. The third-order valence-corrected chi connectivity index (χ3v) is 5.56. The molecule has 170 valence electrons. The van der Waals surface area contributed by atoms with Gasteiger partial charge in [0.25, 0.3) is 0 Å². The predicted molar refractivity (Wildman–Crippen MR) is 116 cm³/mol. The van der Waals surface area contributed by atoms with Gasteiger partial charge in [0.2, 0.25) is 17.5 Å². The van der Waals surface area contributed by atoms with Gasteiger partial charge >= 0.3 is 0 Å². The number of nitrogens with zero attached hydrogens (tertiary/aromatic N) is 4. The Balaban J connectivity index is 1.34. The van der Waals surface area contributed by atoms with Crippen molar-refractivity contribution in [2.24, 2.45) is 0 Å². The van der Waals surface area contributed by atoms with E-state index in [0.717, 1.165) is 38.3 Å². The van der Waals surface area contributed by atoms with Gasteiger partial charge in [0.05, 0.1) is 27.9 Å². The minimum atomic E-state index is -0.294. The van der Waals surface area contributed by atoms with Gasteiger partial charge in [0, 0.05) is 43.9 Å². The van der Waals surface area contributed by atoms with Gasteiger partial charge in [-0.15, -0.1) is 10.2 Å². The molecule has 1 aliphatic heterocycles. The topological polar surface area (TPSA) is 73.1 Å². The van der Waals surface area contributed by atoms with Crippen LogP contribution in [0.2, 0.25) is 0 Å². The number of ether oxygens (including phenoxy) is 3. The Labute approximate surface area is 186 Å². The van der Waals surface area contributed by atoms with Gasteiger partial charge in [-0.25, -0.2) is 4.39 Å². The summed E-state index contributed by atoms with van der Waals surface area (Å²) < 4.78 is 35.3. The fourth-order valence-electron chi connectivity index (χ4n) is 3.85. The second-order valence-corrected chi connectivity index (χ2v) is 7.55. The van der Waals surface area contributed by atoms with Crippen molar-refractivity contribution in [3.63, 3.8) is 0 Å². The highest BCUT2D eigenvalue weighted by Gasteiger charge is 2.22. The van der Waals surface area contributed by atoms with E-state index in [9.17, 15) is 4.39 Å². The van der Waals surface area contributed by atoms with E-state index in [1.807, 2.05) is 12.1 Å². The fourth-order valence-corrected chi connectivity index (χ4v) is 3.85. The molecule has 0 aliphatic carbocycles. The van der Waals surface area contributed by atoms with Gasteiger partial charge in [-0.05, 0) is 30.3 Å². The molecule has 0 saturated carbocycles. The van der Waals surface area contributed by atoms with E-state index in [4.69, 9.17) is 18.6 Å². The fraction of sp³-hybridized carbons (Fsp3) is 0.391. The number of hydrogen-bond acceptors (Lipinski definition) is 8. The van der Waals surface area contributed by atoms with Crippen LogP contribution in [0.15, 0.2) is 40.8 Å². The van der Waals surface area contributed by atoms with Crippen LogP contribution in [0, 0.1) is 5.82 Å². The van der Waals surface area contributed by atoms with E-state index in [-0.39, 0.29) is 5.82 Å². The molecule has 1 aliphatic rings. The van der Waals surface area contributed by atoms with Crippen LogP contribution in [-0.2, 0) is 13.1 Å². The first-order valence-corrected chi connectivity index (χ1v) is 10.4. The Hall–Kier alpha value is -3.17. The van der Waals surface area contributed by atoms with Gasteiger partial charge < -0.3 is 18.6 Å². The first-order chi connectivity index (χ1) is 15.6. The standard InChI is InChI=1S/C23H27FN4O4/c1-29-19-9-6-17(21(30-2)22(19)31-3)14-27-10-12-28(13-11-27)15-20-25-26-23(32-20)16-4-7-18(24)8-5-16/h4-9H,10-15H2,1-3H3. The number of rotatable bonds is 8. The van der Waals surface area contributed by atoms with Crippen molar-refractivity contribution in [2.75, 3.05) is 47.5 Å². The SMILES string of the molecule is COc1ccc(CN2CCN(Cc3nnc(-c4ccc(F)cc4)o3)CC2)c(OC)c1OC. The lowest BCUT2D eigenvalue weighted by Gasteiger charge is -2.34. The second-order valence-electron chi connectivity index (χ2n) is 7.55. The highest BCUT2D eigenvalue weighted by atomic mass is 19.1. The molecule has 1 aromatic heterocycles. The predicted octanol–water partition coefficient (Wildman–Crippen LogP) is 3.22. The quantitative estimate of drug-likeness (QED) is 0.527. The average Bonchev–Trinajstić information content (AvgIpc) is 3.28. The normalized spacial score (nSPS) is 15.0. The summed E-state index contributed by atoms with van der Waals surface area (Å²) in [6.45, 7) is 4.90. The Kier molecular flexibility index (Phi) is 6.87. The molecule has 0 radical (unpaired) electrons. The van der Waals surface area contributed by atoms with E-state index in [1.165, 1.54) is 12.1 Å². The molecule has 3 aromatic rings. The summed E-state index contributed by atoms with van der Waals surface area (Å²) >= 11 is 0. The molecule has 0 spiro atoms. The van der Waals surface area contributed by atoms with Crippen LogP contribution in [0.1, 0.15) is 11.5 Å². The van der Waals surface area contributed by atoms with E-state index in [2.05, 4.69) is 20.0 Å². The van der Waals surface area contributed by atoms with E-state index < -0.39 is 0 Å². The monoisotopic (exact) mass is 442 g/mol. The van der Waals surface area contributed by atoms with Crippen molar-refractivity contribution >= 4 is 0 Å². The van der Waals surface area contributed by atoms with Crippen LogP contribution < -0.4 is 14.2 Å². The molecule has 1 saturated heterocycles. The Bertz CT molecular complexity index is 1030. The number of benzene rings is 2. The lowest BCUT2D eigenvalue weighted by Crippen LogP contribution is -2.45. The molecular weight excluding hydrogens is 415 g/mol. The van der Waals surface area contributed by atoms with Crippen LogP contribution >= 0.6 is 0 Å². The maximum Gasteiger partial charge on any atom is 0.247 e. The number of aromatic nitrogens is 2. The summed E-state index contributed by atoms with van der Waals surface area (Å²) in [5.41, 5.74) is 1.76. The zero-order valence-electron chi connectivity index (χ0n) is 18.5. The summed E-state index contributed by atoms with van der Waals surface area (Å²) in [5, 5.41) is 8.24. The highest BCUT2D eigenvalue weighted by molar-refractivity contribution is 5.55. The summed E-state index contributed by atoms with van der Waals surface area (Å²) in [5.74, 6) is 2.63. The molecule has 0 N–H and O–H groups in total. The van der Waals surface area contributed by atoms with Crippen LogP contribution in [0.5, 0.6) is 17.2 Å². The third-order valence-electron chi connectivity index (χ3n) is 5.56.